The molecule has 0 fully saturated rings. The van der Waals surface area contributed by atoms with E-state index < -0.39 is 0 Å². The predicted octanol–water partition coefficient (Wildman–Crippen LogP) is 1.20. The molecule has 5 nitrogen and oxygen atoms in total. The van der Waals surface area contributed by atoms with Gasteiger partial charge in [-0.1, -0.05) is 5.21 Å². The highest BCUT2D eigenvalue weighted by Crippen LogP contribution is 2.04. The van der Waals surface area contributed by atoms with Crippen molar-refractivity contribution in [3.05, 3.63) is 36.0 Å². The van der Waals surface area contributed by atoms with Gasteiger partial charge < -0.3 is 10.2 Å². The lowest BCUT2D eigenvalue weighted by Gasteiger charge is -1.95. The highest BCUT2D eigenvalue weighted by atomic mass is 16.3. The quantitative estimate of drug-likeness (QED) is 0.743. The van der Waals surface area contributed by atoms with Gasteiger partial charge >= 0.3 is 0 Å². The first kappa shape index (κ1) is 10.9. The number of hydrogen-bond donors (Lipinski definition) is 1. The normalized spacial score (nSPS) is 10.8. The van der Waals surface area contributed by atoms with E-state index >= 15 is 0 Å². The van der Waals surface area contributed by atoms with Crippen molar-refractivity contribution in [3.63, 3.8) is 0 Å². The first-order valence-electron chi connectivity index (χ1n) is 5.50. The van der Waals surface area contributed by atoms with Crippen LogP contribution >= 0.6 is 0 Å². The number of rotatable bonds is 6. The SMILES string of the molecule is NCCCCc1cn(Cc2ccco2)nn1. The lowest BCUT2D eigenvalue weighted by molar-refractivity contribution is 0.475. The monoisotopic (exact) mass is 220 g/mol. The Morgan fingerprint density at radius 2 is 2.31 bits per heavy atom. The van der Waals surface area contributed by atoms with E-state index in [9.17, 15) is 0 Å². The van der Waals surface area contributed by atoms with Crippen LogP contribution in [-0.2, 0) is 13.0 Å². The molecule has 0 aliphatic carbocycles. The molecular weight excluding hydrogens is 204 g/mol. The molecule has 2 heterocycles. The lowest BCUT2D eigenvalue weighted by Crippen LogP contribution is -1.99. The van der Waals surface area contributed by atoms with Crippen LogP contribution in [0.4, 0.5) is 0 Å². The van der Waals surface area contributed by atoms with E-state index in [2.05, 4.69) is 10.3 Å². The van der Waals surface area contributed by atoms with Gasteiger partial charge in [0.1, 0.15) is 12.3 Å². The minimum atomic E-state index is 0.636. The maximum absolute atomic E-state index is 5.43. The van der Waals surface area contributed by atoms with Crippen LogP contribution in [-0.4, -0.2) is 21.5 Å². The molecule has 0 amide bonds. The van der Waals surface area contributed by atoms with Crippen molar-refractivity contribution < 1.29 is 4.42 Å². The molecule has 16 heavy (non-hydrogen) atoms. The molecule has 2 N–H and O–H groups in total. The highest BCUT2D eigenvalue weighted by molar-refractivity contribution is 5.00. The molecule has 2 aromatic heterocycles. The van der Waals surface area contributed by atoms with Crippen molar-refractivity contribution >= 4 is 0 Å². The number of nitrogens with two attached hydrogens (primary N) is 1. The molecule has 86 valence electrons. The van der Waals surface area contributed by atoms with Crippen LogP contribution in [0.3, 0.4) is 0 Å². The fourth-order valence-corrected chi connectivity index (χ4v) is 1.54. The predicted molar refractivity (Wildman–Crippen MR) is 59.8 cm³/mol. The Kier molecular flexibility index (Phi) is 3.71. The summed E-state index contributed by atoms with van der Waals surface area (Å²) in [6.45, 7) is 1.37. The smallest absolute Gasteiger partial charge is 0.125 e. The van der Waals surface area contributed by atoms with Gasteiger partial charge in [0.05, 0.1) is 12.0 Å². The number of aryl methyl sites for hydroxylation is 1. The van der Waals surface area contributed by atoms with E-state index in [1.807, 2.05) is 18.3 Å². The van der Waals surface area contributed by atoms with Crippen molar-refractivity contribution in [2.75, 3.05) is 6.54 Å². The third-order valence-corrected chi connectivity index (χ3v) is 2.37. The van der Waals surface area contributed by atoms with E-state index in [1.54, 1.807) is 10.9 Å². The molecule has 0 unspecified atom stereocenters. The topological polar surface area (TPSA) is 69.9 Å². The maximum atomic E-state index is 5.43. The Morgan fingerprint density at radius 1 is 1.38 bits per heavy atom. The Balaban J connectivity index is 1.87. The van der Waals surface area contributed by atoms with E-state index in [0.29, 0.717) is 6.54 Å². The van der Waals surface area contributed by atoms with Gasteiger partial charge in [-0.3, -0.25) is 0 Å². The fourth-order valence-electron chi connectivity index (χ4n) is 1.54. The number of unbranched alkanes of at least 4 members (excludes halogenated alkanes) is 1. The second-order valence-electron chi connectivity index (χ2n) is 3.73. The Bertz CT molecular complexity index is 407. The summed E-state index contributed by atoms with van der Waals surface area (Å²) in [7, 11) is 0. The minimum Gasteiger partial charge on any atom is -0.467 e. The van der Waals surface area contributed by atoms with E-state index in [0.717, 1.165) is 37.3 Å². The average molecular weight is 220 g/mol. The summed E-state index contributed by atoms with van der Waals surface area (Å²) in [6, 6.07) is 3.80. The van der Waals surface area contributed by atoms with E-state index in [4.69, 9.17) is 10.2 Å². The molecule has 0 aliphatic rings. The van der Waals surface area contributed by atoms with Crippen LogP contribution in [0.1, 0.15) is 24.3 Å². The van der Waals surface area contributed by atoms with E-state index in [-0.39, 0.29) is 0 Å². The van der Waals surface area contributed by atoms with Gasteiger partial charge in [-0.2, -0.15) is 0 Å². The molecule has 0 aliphatic heterocycles. The van der Waals surface area contributed by atoms with Crippen LogP contribution in [0.2, 0.25) is 0 Å². The largest absolute Gasteiger partial charge is 0.467 e. The van der Waals surface area contributed by atoms with Crippen LogP contribution in [0.15, 0.2) is 29.0 Å². The van der Waals surface area contributed by atoms with Crippen molar-refractivity contribution in [3.8, 4) is 0 Å². The molecule has 0 radical (unpaired) electrons. The summed E-state index contributed by atoms with van der Waals surface area (Å²) >= 11 is 0. The molecule has 2 rings (SSSR count). The van der Waals surface area contributed by atoms with Crippen LogP contribution in [0, 0.1) is 0 Å². The highest BCUT2D eigenvalue weighted by Gasteiger charge is 2.02. The molecule has 0 saturated heterocycles. The minimum absolute atomic E-state index is 0.636. The Labute approximate surface area is 94.2 Å². The fraction of sp³-hybridized carbons (Fsp3) is 0.455. The number of aromatic nitrogens is 3. The average Bonchev–Trinajstić information content (AvgIpc) is 2.91. The van der Waals surface area contributed by atoms with Crippen LogP contribution in [0.25, 0.3) is 0 Å². The molecule has 2 aromatic rings. The molecule has 0 bridgehead atoms. The van der Waals surface area contributed by atoms with Gasteiger partial charge in [-0.25, -0.2) is 4.68 Å². The van der Waals surface area contributed by atoms with Gasteiger partial charge in [0.25, 0.3) is 0 Å². The zero-order valence-electron chi connectivity index (χ0n) is 9.17. The van der Waals surface area contributed by atoms with Crippen molar-refractivity contribution in [1.82, 2.24) is 15.0 Å². The summed E-state index contributed by atoms with van der Waals surface area (Å²) in [5.74, 6) is 0.887. The Hall–Kier alpha value is -1.62. The van der Waals surface area contributed by atoms with Crippen molar-refractivity contribution in [2.45, 2.75) is 25.8 Å². The zero-order chi connectivity index (χ0) is 11.2. The molecule has 0 saturated carbocycles. The van der Waals surface area contributed by atoms with Gasteiger partial charge in [0.15, 0.2) is 0 Å². The lowest BCUT2D eigenvalue weighted by atomic mass is 10.2. The summed E-state index contributed by atoms with van der Waals surface area (Å²) in [5, 5.41) is 8.14. The molecule has 0 atom stereocenters. The third kappa shape index (κ3) is 2.93. The second-order valence-corrected chi connectivity index (χ2v) is 3.73. The molecular formula is C11H16N4O. The number of nitrogens with zero attached hydrogens (tertiary/aromatic N) is 3. The first-order valence-corrected chi connectivity index (χ1v) is 5.50. The summed E-state index contributed by atoms with van der Waals surface area (Å²) < 4.78 is 7.03. The Morgan fingerprint density at radius 3 is 3.06 bits per heavy atom. The van der Waals surface area contributed by atoms with Crippen molar-refractivity contribution in [2.24, 2.45) is 5.73 Å². The molecule has 0 aromatic carbocycles. The van der Waals surface area contributed by atoms with E-state index in [1.165, 1.54) is 0 Å². The van der Waals surface area contributed by atoms with Crippen LogP contribution < -0.4 is 5.73 Å². The standard InChI is InChI=1S/C11H16N4O/c12-6-2-1-4-10-8-15(14-13-10)9-11-5-3-7-16-11/h3,5,7-8H,1-2,4,6,9,12H2. The molecule has 5 heteroatoms. The number of hydrogen-bond acceptors (Lipinski definition) is 4. The summed E-state index contributed by atoms with van der Waals surface area (Å²) in [5.41, 5.74) is 6.45. The second kappa shape index (κ2) is 5.46. The van der Waals surface area contributed by atoms with Gasteiger partial charge in [0.2, 0.25) is 0 Å². The van der Waals surface area contributed by atoms with Gasteiger partial charge in [-0.05, 0) is 37.9 Å². The van der Waals surface area contributed by atoms with Crippen molar-refractivity contribution in [1.29, 1.82) is 0 Å². The number of furan rings is 1. The summed E-state index contributed by atoms with van der Waals surface area (Å²) in [6.07, 6.45) is 6.66. The zero-order valence-corrected chi connectivity index (χ0v) is 9.17. The molecule has 0 spiro atoms. The van der Waals surface area contributed by atoms with Gasteiger partial charge in [0, 0.05) is 6.20 Å². The van der Waals surface area contributed by atoms with Gasteiger partial charge in [-0.15, -0.1) is 5.10 Å². The third-order valence-electron chi connectivity index (χ3n) is 2.37. The van der Waals surface area contributed by atoms with Crippen LogP contribution in [0.5, 0.6) is 0 Å². The maximum Gasteiger partial charge on any atom is 0.125 e. The first-order chi connectivity index (χ1) is 7.88. The summed E-state index contributed by atoms with van der Waals surface area (Å²) in [4.78, 5) is 0.